The zero-order valence-electron chi connectivity index (χ0n) is 30.3. The molecule has 1 saturated carbocycles. The normalized spacial score (nSPS) is 20.9. The number of fused-ring (bicyclic) bond motifs is 2. The second-order valence-corrected chi connectivity index (χ2v) is 14.5. The minimum absolute atomic E-state index is 0.189. The molecule has 1 aliphatic carbocycles. The molecule has 15 nitrogen and oxygen atoms in total. The predicted octanol–water partition coefficient (Wildman–Crippen LogP) is 3.75. The van der Waals surface area contributed by atoms with Gasteiger partial charge in [-0.3, -0.25) is 38.4 Å². The molecule has 54 heavy (non-hydrogen) atoms. The number of imidazole rings is 1. The molecule has 3 amide bonds. The number of hydrogen-bond acceptors (Lipinski definition) is 10. The van der Waals surface area contributed by atoms with Crippen molar-refractivity contribution in [3.63, 3.8) is 0 Å². The van der Waals surface area contributed by atoms with Crippen molar-refractivity contribution < 1.29 is 19.1 Å². The number of amides is 3. The number of rotatable bonds is 8. The van der Waals surface area contributed by atoms with Crippen LogP contribution in [-0.4, -0.2) is 86.4 Å². The summed E-state index contributed by atoms with van der Waals surface area (Å²) in [4.78, 5) is 59.8. The van der Waals surface area contributed by atoms with Gasteiger partial charge < -0.3 is 15.0 Å². The summed E-state index contributed by atoms with van der Waals surface area (Å²) in [5.74, 6) is 0.134. The highest BCUT2D eigenvalue weighted by atomic mass is 16.5. The summed E-state index contributed by atoms with van der Waals surface area (Å²) in [6.45, 7) is 4.33. The summed E-state index contributed by atoms with van der Waals surface area (Å²) in [5, 5.41) is 20.2. The first kappa shape index (κ1) is 35.0. The summed E-state index contributed by atoms with van der Waals surface area (Å²) in [6.07, 6.45) is 6.85. The molecule has 8 rings (SSSR count). The highest BCUT2D eigenvalue weighted by Gasteiger charge is 2.34. The molecule has 3 aromatic heterocycles. The van der Waals surface area contributed by atoms with Gasteiger partial charge in [0.1, 0.15) is 34.9 Å². The number of piperazine rings is 1. The maximum absolute atomic E-state index is 13.6. The molecule has 3 aliphatic rings. The maximum atomic E-state index is 13.6. The van der Waals surface area contributed by atoms with Crippen molar-refractivity contribution in [2.75, 3.05) is 50.1 Å². The number of aromatic nitrogens is 5. The number of carbonyl (C=O) groups excluding carboxylic acids is 3. The lowest BCUT2D eigenvalue weighted by Gasteiger charge is -2.39. The van der Waals surface area contributed by atoms with Gasteiger partial charge in [0.25, 0.3) is 5.91 Å². The molecule has 278 valence electrons. The number of nitrogens with zero attached hydrogens (tertiary/aromatic N) is 8. The zero-order valence-corrected chi connectivity index (χ0v) is 30.3. The van der Waals surface area contributed by atoms with Gasteiger partial charge in [-0.2, -0.15) is 10.4 Å². The topological polar surface area (TPSA) is 172 Å². The largest absolute Gasteiger partial charge is 0.494 e. The molecule has 0 spiro atoms. The third-order valence-corrected chi connectivity index (χ3v) is 11.2. The Morgan fingerprint density at radius 3 is 2.56 bits per heavy atom. The average molecular weight is 731 g/mol. The fraction of sp³-hybridized carbons (Fsp3) is 0.410. The Labute approximate surface area is 311 Å². The molecular formula is C39H42N10O5. The zero-order chi connectivity index (χ0) is 37.5. The van der Waals surface area contributed by atoms with Crippen molar-refractivity contribution in [3.05, 3.63) is 76.6 Å². The lowest BCUT2D eigenvalue weighted by Crippen LogP contribution is -2.48. The van der Waals surface area contributed by atoms with E-state index in [0.717, 1.165) is 80.5 Å². The number of piperidine rings is 1. The monoisotopic (exact) mass is 730 g/mol. The molecular weight excluding hydrogens is 688 g/mol. The first-order valence-electron chi connectivity index (χ1n) is 18.5. The number of ether oxygens (including phenoxy) is 1. The number of carbonyl (C=O) groups is 3. The van der Waals surface area contributed by atoms with E-state index < -0.39 is 11.9 Å². The van der Waals surface area contributed by atoms with Crippen molar-refractivity contribution in [3.8, 4) is 11.8 Å². The van der Waals surface area contributed by atoms with Crippen molar-refractivity contribution in [2.45, 2.75) is 50.6 Å². The van der Waals surface area contributed by atoms with Crippen molar-refractivity contribution in [1.82, 2.24) is 34.1 Å². The minimum atomic E-state index is -0.745. The molecule has 0 bridgehead atoms. The van der Waals surface area contributed by atoms with E-state index in [1.165, 1.54) is 4.57 Å². The summed E-state index contributed by atoms with van der Waals surface area (Å²) < 4.78 is 11.0. The quantitative estimate of drug-likeness (QED) is 0.224. The fourth-order valence-electron chi connectivity index (χ4n) is 8.38. The number of benzene rings is 2. The Kier molecular flexibility index (Phi) is 9.36. The lowest BCUT2D eigenvalue weighted by atomic mass is 9.85. The van der Waals surface area contributed by atoms with Crippen LogP contribution in [0, 0.1) is 17.2 Å². The SMILES string of the molecule is COc1ccc2c(c1N1CCN(C[C@H]3CC[C@H](n4cc5cc(NC(=O)c6cccc(C#N)n6)ccc5n4)CC3)CC1)n(C)c(=O)n2C1CCC(=O)NC1=O. The second kappa shape index (κ2) is 14.4. The van der Waals surface area contributed by atoms with Gasteiger partial charge in [0.2, 0.25) is 11.8 Å². The van der Waals surface area contributed by atoms with Crippen LogP contribution in [0.25, 0.3) is 21.9 Å². The van der Waals surface area contributed by atoms with Crippen LogP contribution < -0.4 is 26.0 Å². The number of methoxy groups -OCH3 is 1. The molecule has 5 heterocycles. The van der Waals surface area contributed by atoms with Crippen molar-refractivity contribution in [1.29, 1.82) is 5.26 Å². The van der Waals surface area contributed by atoms with Gasteiger partial charge in [-0.25, -0.2) is 9.78 Å². The van der Waals surface area contributed by atoms with Crippen LogP contribution in [0.4, 0.5) is 11.4 Å². The van der Waals surface area contributed by atoms with Crippen molar-refractivity contribution in [2.24, 2.45) is 13.0 Å². The molecule has 2 aromatic carbocycles. The molecule has 2 N–H and O–H groups in total. The Bertz CT molecular complexity index is 2370. The summed E-state index contributed by atoms with van der Waals surface area (Å²) >= 11 is 0. The van der Waals surface area contributed by atoms with E-state index in [2.05, 4.69) is 36.3 Å². The van der Waals surface area contributed by atoms with Gasteiger partial charge in [0.15, 0.2) is 0 Å². The van der Waals surface area contributed by atoms with Crippen molar-refractivity contribution >= 4 is 51.0 Å². The van der Waals surface area contributed by atoms with Crippen LogP contribution in [0.5, 0.6) is 5.75 Å². The molecule has 2 aliphatic heterocycles. The smallest absolute Gasteiger partial charge is 0.329 e. The number of aryl methyl sites for hydroxylation is 1. The number of anilines is 2. The first-order valence-corrected chi connectivity index (χ1v) is 18.5. The van der Waals surface area contributed by atoms with Crippen LogP contribution >= 0.6 is 0 Å². The van der Waals surface area contributed by atoms with E-state index in [1.54, 1.807) is 36.9 Å². The molecule has 0 radical (unpaired) electrons. The number of imide groups is 1. The molecule has 3 fully saturated rings. The van der Waals surface area contributed by atoms with Gasteiger partial charge in [0, 0.05) is 63.5 Å². The van der Waals surface area contributed by atoms with E-state index in [1.807, 2.05) is 36.4 Å². The third kappa shape index (κ3) is 6.57. The highest BCUT2D eigenvalue weighted by Crippen LogP contribution is 2.39. The Hall–Kier alpha value is -6.01. The van der Waals surface area contributed by atoms with Crippen LogP contribution in [-0.2, 0) is 16.6 Å². The molecule has 15 heteroatoms. The third-order valence-electron chi connectivity index (χ3n) is 11.2. The van der Waals surface area contributed by atoms with E-state index in [0.29, 0.717) is 28.9 Å². The standard InChI is InChI=1S/C39H42N10O5/c1-45-35-31(49(39(45)53)32-13-15-34(50)43-38(32)52)12-14-33(54-2)36(35)47-18-16-46(17-19-47)22-24-6-9-28(10-7-24)48-23-25-20-26(8-11-29(25)44-48)42-37(51)30-5-3-4-27(21-40)41-30/h3-5,8,11-12,14,20,23-24,28,32H,6-7,9-10,13,15-19,22H2,1-2H3,(H,42,51)(H,43,50,52)/t24-,28-,32?. The first-order chi connectivity index (χ1) is 26.2. The Morgan fingerprint density at radius 1 is 1.02 bits per heavy atom. The molecule has 2 saturated heterocycles. The number of nitriles is 1. The van der Waals surface area contributed by atoms with Crippen LogP contribution in [0.1, 0.15) is 66.8 Å². The molecule has 1 atom stereocenters. The summed E-state index contributed by atoms with van der Waals surface area (Å²) in [5.41, 5.74) is 3.83. The average Bonchev–Trinajstić information content (AvgIpc) is 3.72. The molecule has 1 unspecified atom stereocenters. The van der Waals surface area contributed by atoms with E-state index in [9.17, 15) is 19.2 Å². The van der Waals surface area contributed by atoms with Crippen LogP contribution in [0.3, 0.4) is 0 Å². The summed E-state index contributed by atoms with van der Waals surface area (Å²) in [6, 6.07) is 15.7. The van der Waals surface area contributed by atoms with E-state index >= 15 is 0 Å². The second-order valence-electron chi connectivity index (χ2n) is 14.5. The van der Waals surface area contributed by atoms with Gasteiger partial charge in [-0.1, -0.05) is 6.07 Å². The minimum Gasteiger partial charge on any atom is -0.494 e. The Balaban J connectivity index is 0.884. The number of hydrogen-bond donors (Lipinski definition) is 2. The van der Waals surface area contributed by atoms with Gasteiger partial charge in [0.05, 0.1) is 29.7 Å². The van der Waals surface area contributed by atoms with E-state index in [4.69, 9.17) is 15.1 Å². The number of nitrogens with one attached hydrogen (secondary N) is 2. The maximum Gasteiger partial charge on any atom is 0.329 e. The predicted molar refractivity (Wildman–Crippen MR) is 201 cm³/mol. The summed E-state index contributed by atoms with van der Waals surface area (Å²) in [7, 11) is 3.36. The van der Waals surface area contributed by atoms with Crippen LogP contribution in [0.15, 0.2) is 59.5 Å². The van der Waals surface area contributed by atoms with Gasteiger partial charge >= 0.3 is 5.69 Å². The van der Waals surface area contributed by atoms with Crippen LogP contribution in [0.2, 0.25) is 0 Å². The lowest BCUT2D eigenvalue weighted by molar-refractivity contribution is -0.135. The van der Waals surface area contributed by atoms with E-state index in [-0.39, 0.29) is 41.7 Å². The highest BCUT2D eigenvalue weighted by molar-refractivity contribution is 6.04. The molecule has 5 aromatic rings. The van der Waals surface area contributed by atoms with Gasteiger partial charge in [-0.05, 0) is 80.5 Å². The number of pyridine rings is 1. The Morgan fingerprint density at radius 2 is 1.81 bits per heavy atom. The van der Waals surface area contributed by atoms with Gasteiger partial charge in [-0.15, -0.1) is 0 Å². The fourth-order valence-corrected chi connectivity index (χ4v) is 8.38.